The SMILES string of the molecule is CNc1cc([C@@H]2CCCN(CC(=O)N3CCCC3)C2)ccn1. The molecule has 0 aromatic carbocycles. The van der Waals surface area contributed by atoms with Gasteiger partial charge in [0.05, 0.1) is 6.54 Å². The van der Waals surface area contributed by atoms with Gasteiger partial charge >= 0.3 is 0 Å². The number of hydrogen-bond donors (Lipinski definition) is 1. The van der Waals surface area contributed by atoms with E-state index in [-0.39, 0.29) is 0 Å². The second kappa shape index (κ2) is 7.09. The molecular weight excluding hydrogens is 276 g/mol. The lowest BCUT2D eigenvalue weighted by atomic mass is 9.91. The molecule has 2 aliphatic heterocycles. The van der Waals surface area contributed by atoms with Crippen molar-refractivity contribution >= 4 is 11.7 Å². The number of likely N-dealkylation sites (tertiary alicyclic amines) is 2. The summed E-state index contributed by atoms with van der Waals surface area (Å²) < 4.78 is 0. The summed E-state index contributed by atoms with van der Waals surface area (Å²) in [6.45, 7) is 4.51. The molecule has 5 nitrogen and oxygen atoms in total. The second-order valence-electron chi connectivity index (χ2n) is 6.39. The molecule has 5 heteroatoms. The predicted molar refractivity (Wildman–Crippen MR) is 88.0 cm³/mol. The topological polar surface area (TPSA) is 48.5 Å². The highest BCUT2D eigenvalue weighted by Crippen LogP contribution is 2.27. The zero-order valence-electron chi connectivity index (χ0n) is 13.4. The Labute approximate surface area is 132 Å². The number of nitrogens with zero attached hydrogens (tertiary/aromatic N) is 3. The van der Waals surface area contributed by atoms with Gasteiger partial charge in [-0.1, -0.05) is 0 Å². The highest BCUT2D eigenvalue weighted by Gasteiger charge is 2.25. The number of carbonyl (C=O) groups is 1. The zero-order chi connectivity index (χ0) is 15.4. The number of nitrogens with one attached hydrogen (secondary N) is 1. The van der Waals surface area contributed by atoms with Crippen LogP contribution in [0.5, 0.6) is 0 Å². The van der Waals surface area contributed by atoms with Gasteiger partial charge in [-0.15, -0.1) is 0 Å². The van der Waals surface area contributed by atoms with Gasteiger partial charge in [-0.25, -0.2) is 4.98 Å². The van der Waals surface area contributed by atoms with Crippen LogP contribution in [0, 0.1) is 0 Å². The Morgan fingerprint density at radius 3 is 2.91 bits per heavy atom. The molecule has 0 bridgehead atoms. The zero-order valence-corrected chi connectivity index (χ0v) is 13.4. The van der Waals surface area contributed by atoms with Gasteiger partial charge in [-0.3, -0.25) is 9.69 Å². The quantitative estimate of drug-likeness (QED) is 0.923. The van der Waals surface area contributed by atoms with E-state index in [2.05, 4.69) is 27.3 Å². The van der Waals surface area contributed by atoms with Gasteiger partial charge in [0, 0.05) is 32.9 Å². The maximum absolute atomic E-state index is 12.3. The van der Waals surface area contributed by atoms with E-state index in [9.17, 15) is 4.79 Å². The minimum Gasteiger partial charge on any atom is -0.373 e. The van der Waals surface area contributed by atoms with Crippen molar-refractivity contribution in [3.05, 3.63) is 23.9 Å². The molecule has 0 unspecified atom stereocenters. The van der Waals surface area contributed by atoms with Crippen LogP contribution in [-0.2, 0) is 4.79 Å². The van der Waals surface area contributed by atoms with E-state index < -0.39 is 0 Å². The summed E-state index contributed by atoms with van der Waals surface area (Å²) in [5, 5.41) is 3.10. The van der Waals surface area contributed by atoms with Crippen LogP contribution >= 0.6 is 0 Å². The Hall–Kier alpha value is -1.62. The van der Waals surface area contributed by atoms with Crippen molar-refractivity contribution in [1.29, 1.82) is 0 Å². The van der Waals surface area contributed by atoms with E-state index in [1.54, 1.807) is 0 Å². The average Bonchev–Trinajstić information content (AvgIpc) is 3.10. The maximum atomic E-state index is 12.3. The number of amides is 1. The van der Waals surface area contributed by atoms with Crippen molar-refractivity contribution in [2.75, 3.05) is 45.1 Å². The summed E-state index contributed by atoms with van der Waals surface area (Å²) in [4.78, 5) is 21.0. The summed E-state index contributed by atoms with van der Waals surface area (Å²) in [5.41, 5.74) is 1.33. The molecule has 0 spiro atoms. The van der Waals surface area contributed by atoms with Gasteiger partial charge in [0.15, 0.2) is 0 Å². The normalized spacial score (nSPS) is 22.8. The fraction of sp³-hybridized carbons (Fsp3) is 0.647. The summed E-state index contributed by atoms with van der Waals surface area (Å²) in [6.07, 6.45) is 6.56. The van der Waals surface area contributed by atoms with Gasteiger partial charge in [0.1, 0.15) is 5.82 Å². The van der Waals surface area contributed by atoms with Crippen molar-refractivity contribution in [3.8, 4) is 0 Å². The van der Waals surface area contributed by atoms with Crippen molar-refractivity contribution in [2.45, 2.75) is 31.6 Å². The average molecular weight is 302 g/mol. The highest BCUT2D eigenvalue weighted by atomic mass is 16.2. The first-order valence-electron chi connectivity index (χ1n) is 8.40. The maximum Gasteiger partial charge on any atom is 0.236 e. The molecule has 2 saturated heterocycles. The van der Waals surface area contributed by atoms with Crippen molar-refractivity contribution in [2.24, 2.45) is 0 Å². The molecule has 1 amide bonds. The third-order valence-corrected chi connectivity index (χ3v) is 4.83. The van der Waals surface area contributed by atoms with E-state index in [0.717, 1.165) is 51.3 Å². The molecular formula is C17H26N4O. The Kier molecular flexibility index (Phi) is 4.93. The third kappa shape index (κ3) is 3.58. The molecule has 0 saturated carbocycles. The lowest BCUT2D eigenvalue weighted by Crippen LogP contribution is -2.43. The standard InChI is InChI=1S/C17H26N4O/c1-18-16-11-14(6-7-19-16)15-5-4-8-20(12-15)13-17(22)21-9-2-3-10-21/h6-7,11,15H,2-5,8-10,12-13H2,1H3,(H,18,19)/t15-/m1/s1. The lowest BCUT2D eigenvalue weighted by molar-refractivity contribution is -0.131. The lowest BCUT2D eigenvalue weighted by Gasteiger charge is -2.33. The van der Waals surface area contributed by atoms with Crippen LogP contribution < -0.4 is 5.32 Å². The molecule has 1 atom stereocenters. The molecule has 120 valence electrons. The molecule has 1 aromatic rings. The third-order valence-electron chi connectivity index (χ3n) is 4.83. The first-order chi connectivity index (χ1) is 10.8. The smallest absolute Gasteiger partial charge is 0.236 e. The molecule has 1 N–H and O–H groups in total. The number of piperidine rings is 1. The number of anilines is 1. The molecule has 2 aliphatic rings. The monoisotopic (exact) mass is 302 g/mol. The summed E-state index contributed by atoms with van der Waals surface area (Å²) in [6, 6.07) is 4.24. The summed E-state index contributed by atoms with van der Waals surface area (Å²) >= 11 is 0. The van der Waals surface area contributed by atoms with Gasteiger partial charge in [-0.2, -0.15) is 0 Å². The van der Waals surface area contributed by atoms with Gasteiger partial charge in [0.2, 0.25) is 5.91 Å². The van der Waals surface area contributed by atoms with E-state index in [1.165, 1.54) is 12.0 Å². The fourth-order valence-corrected chi connectivity index (χ4v) is 3.57. The van der Waals surface area contributed by atoms with Crippen LogP contribution in [0.1, 0.15) is 37.2 Å². The molecule has 0 radical (unpaired) electrons. The Morgan fingerprint density at radius 2 is 2.14 bits per heavy atom. The van der Waals surface area contributed by atoms with Gasteiger partial charge < -0.3 is 10.2 Å². The number of pyridine rings is 1. The Morgan fingerprint density at radius 1 is 1.32 bits per heavy atom. The summed E-state index contributed by atoms with van der Waals surface area (Å²) in [7, 11) is 1.90. The van der Waals surface area contributed by atoms with Crippen molar-refractivity contribution in [3.63, 3.8) is 0 Å². The Balaban J connectivity index is 1.59. The largest absolute Gasteiger partial charge is 0.373 e. The highest BCUT2D eigenvalue weighted by molar-refractivity contribution is 5.78. The van der Waals surface area contributed by atoms with Crippen LogP contribution in [0.4, 0.5) is 5.82 Å². The van der Waals surface area contributed by atoms with E-state index in [1.807, 2.05) is 18.1 Å². The number of hydrogen-bond acceptors (Lipinski definition) is 4. The molecule has 0 aliphatic carbocycles. The predicted octanol–water partition coefficient (Wildman–Crippen LogP) is 1.93. The van der Waals surface area contributed by atoms with Crippen LogP contribution in [0.25, 0.3) is 0 Å². The number of aromatic nitrogens is 1. The molecule has 3 rings (SSSR count). The minimum absolute atomic E-state index is 0.309. The summed E-state index contributed by atoms with van der Waals surface area (Å²) in [5.74, 6) is 1.74. The van der Waals surface area contributed by atoms with E-state index in [0.29, 0.717) is 18.4 Å². The second-order valence-corrected chi connectivity index (χ2v) is 6.39. The first-order valence-corrected chi connectivity index (χ1v) is 8.40. The van der Waals surface area contributed by atoms with Crippen LogP contribution in [0.2, 0.25) is 0 Å². The van der Waals surface area contributed by atoms with E-state index >= 15 is 0 Å². The first kappa shape index (κ1) is 15.3. The number of carbonyl (C=O) groups excluding carboxylic acids is 1. The minimum atomic E-state index is 0.309. The molecule has 3 heterocycles. The Bertz CT molecular complexity index is 513. The van der Waals surface area contributed by atoms with Crippen molar-refractivity contribution in [1.82, 2.24) is 14.8 Å². The molecule has 2 fully saturated rings. The van der Waals surface area contributed by atoms with Gasteiger partial charge in [-0.05, 0) is 55.8 Å². The van der Waals surface area contributed by atoms with Gasteiger partial charge in [0.25, 0.3) is 0 Å². The van der Waals surface area contributed by atoms with Crippen LogP contribution in [0.3, 0.4) is 0 Å². The van der Waals surface area contributed by atoms with Crippen molar-refractivity contribution < 1.29 is 4.79 Å². The van der Waals surface area contributed by atoms with Crippen LogP contribution in [-0.4, -0.2) is 60.5 Å². The molecule has 22 heavy (non-hydrogen) atoms. The number of rotatable bonds is 4. The van der Waals surface area contributed by atoms with E-state index in [4.69, 9.17) is 0 Å². The fourth-order valence-electron chi connectivity index (χ4n) is 3.57. The van der Waals surface area contributed by atoms with Crippen LogP contribution in [0.15, 0.2) is 18.3 Å². The molecule has 1 aromatic heterocycles.